The molecule has 0 saturated carbocycles. The normalized spacial score (nSPS) is 14.3. The van der Waals surface area contributed by atoms with Crippen molar-refractivity contribution in [2.24, 2.45) is 17.6 Å². The molecular weight excluding hydrogens is 560 g/mol. The molecule has 4 aromatic rings. The molecule has 2 aromatic carbocycles. The highest BCUT2D eigenvalue weighted by Gasteiger charge is 2.32. The first kappa shape index (κ1) is 32.3. The van der Waals surface area contributed by atoms with Gasteiger partial charge in [0.2, 0.25) is 17.7 Å². The van der Waals surface area contributed by atoms with Crippen LogP contribution in [0.1, 0.15) is 45.2 Å². The highest BCUT2D eigenvalue weighted by atomic mass is 16.4. The Bertz CT molecular complexity index is 1620. The molecule has 11 heteroatoms. The number of carboxylic acids is 1. The lowest BCUT2D eigenvalue weighted by Gasteiger charge is -2.27. The molecule has 11 nitrogen and oxygen atoms in total. The summed E-state index contributed by atoms with van der Waals surface area (Å²) in [4.78, 5) is 58.6. The molecule has 0 fully saturated rings. The van der Waals surface area contributed by atoms with Gasteiger partial charge in [0.25, 0.3) is 0 Å². The maximum absolute atomic E-state index is 13.8. The van der Waals surface area contributed by atoms with Crippen LogP contribution in [0.5, 0.6) is 0 Å². The average molecular weight is 603 g/mol. The second-order valence-electron chi connectivity index (χ2n) is 12.1. The Morgan fingerprint density at radius 1 is 0.727 bits per heavy atom. The predicted octanol–water partition coefficient (Wildman–Crippen LogP) is 3.00. The molecule has 0 spiro atoms. The molecule has 8 N–H and O–H groups in total. The average Bonchev–Trinajstić information content (AvgIpc) is 3.58. The number of aliphatic carboxylic acids is 1. The minimum Gasteiger partial charge on any atom is -0.480 e. The van der Waals surface area contributed by atoms with Crippen LogP contribution in [-0.4, -0.2) is 62.9 Å². The number of nitrogens with two attached hydrogens (primary N) is 1. The number of rotatable bonds is 14. The summed E-state index contributed by atoms with van der Waals surface area (Å²) in [5.41, 5.74) is 9.86. The molecule has 3 amide bonds. The largest absolute Gasteiger partial charge is 0.480 e. The van der Waals surface area contributed by atoms with Crippen molar-refractivity contribution in [1.29, 1.82) is 0 Å². The van der Waals surface area contributed by atoms with Crippen LogP contribution in [0.4, 0.5) is 0 Å². The SMILES string of the molecule is CC(C)CC(NC(=O)C(Cc1c[nH]c2ccccc12)NC(=O)C(N)Cc1c[nH]c2ccccc12)C(=O)NC(C(=O)O)C(C)C. The van der Waals surface area contributed by atoms with Gasteiger partial charge in [-0.05, 0) is 47.9 Å². The number of hydrogen-bond acceptors (Lipinski definition) is 5. The smallest absolute Gasteiger partial charge is 0.326 e. The minimum absolute atomic E-state index is 0.0135. The van der Waals surface area contributed by atoms with Crippen molar-refractivity contribution in [3.63, 3.8) is 0 Å². The topological polar surface area (TPSA) is 182 Å². The first-order valence-corrected chi connectivity index (χ1v) is 14.9. The Balaban J connectivity index is 1.56. The van der Waals surface area contributed by atoms with Crippen LogP contribution >= 0.6 is 0 Å². The lowest BCUT2D eigenvalue weighted by molar-refractivity contribution is -0.143. The van der Waals surface area contributed by atoms with Crippen LogP contribution in [0.15, 0.2) is 60.9 Å². The number of carbonyl (C=O) groups is 4. The molecule has 234 valence electrons. The van der Waals surface area contributed by atoms with Crippen LogP contribution in [-0.2, 0) is 32.0 Å². The molecule has 2 heterocycles. The summed E-state index contributed by atoms with van der Waals surface area (Å²) in [6.07, 6.45) is 4.28. The lowest BCUT2D eigenvalue weighted by atomic mass is 9.99. The van der Waals surface area contributed by atoms with E-state index in [2.05, 4.69) is 25.9 Å². The number of aromatic amines is 2. The number of benzene rings is 2. The summed E-state index contributed by atoms with van der Waals surface area (Å²) >= 11 is 0. The fourth-order valence-corrected chi connectivity index (χ4v) is 5.38. The van der Waals surface area contributed by atoms with Gasteiger partial charge in [-0.15, -0.1) is 0 Å². The Kier molecular flexibility index (Phi) is 10.4. The number of carbonyl (C=O) groups excluding carboxylic acids is 3. The molecule has 4 rings (SSSR count). The number of carboxylic acid groups (broad SMARTS) is 1. The van der Waals surface area contributed by atoms with Gasteiger partial charge in [-0.2, -0.15) is 0 Å². The maximum atomic E-state index is 13.8. The fourth-order valence-electron chi connectivity index (χ4n) is 5.38. The number of nitrogens with one attached hydrogen (secondary N) is 5. The van der Waals surface area contributed by atoms with Crippen LogP contribution in [0.2, 0.25) is 0 Å². The number of fused-ring (bicyclic) bond motifs is 2. The molecular formula is C33H42N6O5. The summed E-state index contributed by atoms with van der Waals surface area (Å²) in [6.45, 7) is 7.19. The highest BCUT2D eigenvalue weighted by molar-refractivity contribution is 5.95. The van der Waals surface area contributed by atoms with Gasteiger partial charge in [0.1, 0.15) is 18.1 Å². The van der Waals surface area contributed by atoms with E-state index in [4.69, 9.17) is 5.73 Å². The zero-order chi connectivity index (χ0) is 32.0. The van der Waals surface area contributed by atoms with E-state index in [1.54, 1.807) is 20.0 Å². The van der Waals surface area contributed by atoms with Gasteiger partial charge >= 0.3 is 5.97 Å². The summed E-state index contributed by atoms with van der Waals surface area (Å²) in [6, 6.07) is 11.2. The Hall–Kier alpha value is -4.64. The molecule has 2 aromatic heterocycles. The predicted molar refractivity (Wildman–Crippen MR) is 170 cm³/mol. The molecule has 44 heavy (non-hydrogen) atoms. The first-order chi connectivity index (χ1) is 20.9. The molecule has 0 aliphatic heterocycles. The molecule has 4 unspecified atom stereocenters. The number of para-hydroxylation sites is 2. The quantitative estimate of drug-likeness (QED) is 0.116. The second-order valence-corrected chi connectivity index (χ2v) is 12.1. The third-order valence-electron chi connectivity index (χ3n) is 7.75. The van der Waals surface area contributed by atoms with Crippen molar-refractivity contribution >= 4 is 45.5 Å². The number of amides is 3. The van der Waals surface area contributed by atoms with Gasteiger partial charge in [-0.25, -0.2) is 4.79 Å². The van der Waals surface area contributed by atoms with Crippen molar-refractivity contribution in [2.45, 2.75) is 71.1 Å². The van der Waals surface area contributed by atoms with Crippen molar-refractivity contribution < 1.29 is 24.3 Å². The number of hydrogen-bond donors (Lipinski definition) is 7. The van der Waals surface area contributed by atoms with Crippen molar-refractivity contribution in [1.82, 2.24) is 25.9 Å². The zero-order valence-electron chi connectivity index (χ0n) is 25.5. The Morgan fingerprint density at radius 3 is 1.75 bits per heavy atom. The van der Waals surface area contributed by atoms with Gasteiger partial charge in [0.15, 0.2) is 0 Å². The maximum Gasteiger partial charge on any atom is 0.326 e. The number of aromatic nitrogens is 2. The summed E-state index contributed by atoms with van der Waals surface area (Å²) in [5, 5.41) is 19.6. The van der Waals surface area contributed by atoms with Gasteiger partial charge in [0.05, 0.1) is 6.04 Å². The molecule has 4 atom stereocenters. The van der Waals surface area contributed by atoms with E-state index >= 15 is 0 Å². The zero-order valence-corrected chi connectivity index (χ0v) is 25.5. The molecule has 0 saturated heterocycles. The van der Waals surface area contributed by atoms with E-state index in [0.29, 0.717) is 0 Å². The van der Waals surface area contributed by atoms with Gasteiger partial charge in [-0.3, -0.25) is 14.4 Å². The molecule has 0 radical (unpaired) electrons. The Morgan fingerprint density at radius 2 is 1.23 bits per heavy atom. The van der Waals surface area contributed by atoms with Crippen LogP contribution in [0, 0.1) is 11.8 Å². The van der Waals surface area contributed by atoms with E-state index in [1.165, 1.54) is 0 Å². The summed E-state index contributed by atoms with van der Waals surface area (Å²) < 4.78 is 0. The summed E-state index contributed by atoms with van der Waals surface area (Å²) in [5.74, 6) is -3.18. The standard InChI is InChI=1S/C33H42N6O5/c1-18(2)13-27(32(42)39-29(19(3)4)33(43)44)38-31(41)28(15-21-17-36-26-12-8-6-10-23(21)26)37-30(40)24(34)14-20-16-35-25-11-7-5-9-22(20)25/h5-12,16-19,24,27-29,35-36H,13-15,34H2,1-4H3,(H,37,40)(H,38,41)(H,39,42)(H,43,44). The first-order valence-electron chi connectivity index (χ1n) is 14.9. The molecule has 0 bridgehead atoms. The minimum atomic E-state index is -1.16. The molecule has 0 aliphatic carbocycles. The second kappa shape index (κ2) is 14.2. The Labute approximate surface area is 256 Å². The fraction of sp³-hybridized carbons (Fsp3) is 0.394. The van der Waals surface area contributed by atoms with E-state index < -0.39 is 47.9 Å². The van der Waals surface area contributed by atoms with Gasteiger partial charge < -0.3 is 36.8 Å². The van der Waals surface area contributed by atoms with Gasteiger partial charge in [-0.1, -0.05) is 64.1 Å². The monoisotopic (exact) mass is 602 g/mol. The lowest BCUT2D eigenvalue weighted by Crippen LogP contribution is -2.58. The van der Waals surface area contributed by atoms with Crippen molar-refractivity contribution in [3.8, 4) is 0 Å². The van der Waals surface area contributed by atoms with Crippen LogP contribution < -0.4 is 21.7 Å². The number of H-pyrrole nitrogens is 2. The highest BCUT2D eigenvalue weighted by Crippen LogP contribution is 2.21. The van der Waals surface area contributed by atoms with Crippen LogP contribution in [0.3, 0.4) is 0 Å². The van der Waals surface area contributed by atoms with E-state index in [-0.39, 0.29) is 31.1 Å². The third kappa shape index (κ3) is 7.84. The van der Waals surface area contributed by atoms with Crippen molar-refractivity contribution in [3.05, 3.63) is 72.1 Å². The van der Waals surface area contributed by atoms with Crippen LogP contribution in [0.25, 0.3) is 21.8 Å². The van der Waals surface area contributed by atoms with Gasteiger partial charge in [0, 0.05) is 40.6 Å². The van der Waals surface area contributed by atoms with E-state index in [0.717, 1.165) is 32.9 Å². The molecule has 0 aliphatic rings. The van der Waals surface area contributed by atoms with Crippen molar-refractivity contribution in [2.75, 3.05) is 0 Å². The third-order valence-corrected chi connectivity index (χ3v) is 7.75. The van der Waals surface area contributed by atoms with E-state index in [9.17, 15) is 24.3 Å². The van der Waals surface area contributed by atoms with E-state index in [1.807, 2.05) is 68.6 Å². The summed E-state index contributed by atoms with van der Waals surface area (Å²) in [7, 11) is 0.